The van der Waals surface area contributed by atoms with Crippen molar-refractivity contribution >= 4 is 5.91 Å². The summed E-state index contributed by atoms with van der Waals surface area (Å²) in [6.45, 7) is 7.58. The predicted octanol–water partition coefficient (Wildman–Crippen LogP) is 0.396. The van der Waals surface area contributed by atoms with E-state index in [0.717, 1.165) is 52.0 Å². The predicted molar refractivity (Wildman–Crippen MR) is 90.1 cm³/mol. The molecule has 2 aliphatic heterocycles. The molecule has 0 spiro atoms. The van der Waals surface area contributed by atoms with Gasteiger partial charge < -0.3 is 9.64 Å². The van der Waals surface area contributed by atoms with E-state index in [1.807, 2.05) is 0 Å². The zero-order chi connectivity index (χ0) is 17.1. The number of piperazine rings is 1. The standard InChI is InChI=1S/C17H31FN4O2/c1-12-9-14(18)4-3-13(12)11-21-5-7-22(8-6-21)16-15(24-2)10-19-20-17(16)23/h12-16,19H,3-11H2,1-2H3,(H,20,23). The summed E-state index contributed by atoms with van der Waals surface area (Å²) in [5, 5.41) is 0. The van der Waals surface area contributed by atoms with Crippen molar-refractivity contribution in [3.8, 4) is 0 Å². The molecule has 3 aliphatic rings. The lowest BCUT2D eigenvalue weighted by Crippen LogP contribution is -2.67. The van der Waals surface area contributed by atoms with E-state index in [0.29, 0.717) is 18.4 Å². The normalized spacial score (nSPS) is 39.6. The number of carbonyl (C=O) groups is 1. The van der Waals surface area contributed by atoms with E-state index in [-0.39, 0.29) is 18.1 Å². The topological polar surface area (TPSA) is 56.8 Å². The fourth-order valence-electron chi connectivity index (χ4n) is 4.43. The first-order valence-electron chi connectivity index (χ1n) is 9.24. The van der Waals surface area contributed by atoms with Crippen LogP contribution in [-0.2, 0) is 9.53 Å². The van der Waals surface area contributed by atoms with Crippen LogP contribution >= 0.6 is 0 Å². The molecule has 1 aliphatic carbocycles. The van der Waals surface area contributed by atoms with Gasteiger partial charge in [-0.3, -0.25) is 15.1 Å². The fraction of sp³-hybridized carbons (Fsp3) is 0.941. The summed E-state index contributed by atoms with van der Waals surface area (Å²) in [7, 11) is 1.66. The van der Waals surface area contributed by atoms with E-state index >= 15 is 0 Å². The van der Waals surface area contributed by atoms with Gasteiger partial charge in [0.1, 0.15) is 12.2 Å². The second kappa shape index (κ2) is 8.08. The van der Waals surface area contributed by atoms with Gasteiger partial charge in [-0.25, -0.2) is 9.82 Å². The molecular formula is C17H31FN4O2. The van der Waals surface area contributed by atoms with Gasteiger partial charge in [0.15, 0.2) is 0 Å². The number of hydrogen-bond donors (Lipinski definition) is 2. The largest absolute Gasteiger partial charge is 0.378 e. The van der Waals surface area contributed by atoms with Crippen molar-refractivity contribution in [2.24, 2.45) is 11.8 Å². The van der Waals surface area contributed by atoms with E-state index in [2.05, 4.69) is 27.6 Å². The number of halogens is 1. The molecule has 5 unspecified atom stereocenters. The molecule has 0 radical (unpaired) electrons. The van der Waals surface area contributed by atoms with Gasteiger partial charge in [-0.2, -0.15) is 0 Å². The molecule has 1 amide bonds. The molecule has 2 N–H and O–H groups in total. The summed E-state index contributed by atoms with van der Waals surface area (Å²) < 4.78 is 19.0. The summed E-state index contributed by atoms with van der Waals surface area (Å²) in [4.78, 5) is 16.9. The highest BCUT2D eigenvalue weighted by molar-refractivity contribution is 5.82. The van der Waals surface area contributed by atoms with Gasteiger partial charge in [-0.15, -0.1) is 0 Å². The first-order valence-corrected chi connectivity index (χ1v) is 9.24. The third kappa shape index (κ3) is 4.07. The maximum atomic E-state index is 13.5. The minimum Gasteiger partial charge on any atom is -0.378 e. The Kier molecular flexibility index (Phi) is 6.07. The van der Waals surface area contributed by atoms with Crippen LogP contribution in [0.15, 0.2) is 0 Å². The Morgan fingerprint density at radius 3 is 2.67 bits per heavy atom. The summed E-state index contributed by atoms with van der Waals surface area (Å²) in [6, 6.07) is -0.209. The lowest BCUT2D eigenvalue weighted by atomic mass is 9.79. The van der Waals surface area contributed by atoms with E-state index in [1.54, 1.807) is 7.11 Å². The molecule has 0 aromatic carbocycles. The van der Waals surface area contributed by atoms with Crippen LogP contribution in [0.4, 0.5) is 4.39 Å². The van der Waals surface area contributed by atoms with Gasteiger partial charge in [-0.1, -0.05) is 6.92 Å². The molecule has 7 heteroatoms. The lowest BCUT2D eigenvalue weighted by Gasteiger charge is -2.44. The molecule has 0 aromatic heterocycles. The fourth-order valence-corrected chi connectivity index (χ4v) is 4.43. The van der Waals surface area contributed by atoms with Gasteiger partial charge in [0.2, 0.25) is 0 Å². The van der Waals surface area contributed by atoms with E-state index < -0.39 is 6.17 Å². The van der Waals surface area contributed by atoms with Crippen molar-refractivity contribution in [1.82, 2.24) is 20.7 Å². The molecule has 6 nitrogen and oxygen atoms in total. The van der Waals surface area contributed by atoms with E-state index in [9.17, 15) is 9.18 Å². The third-order valence-corrected chi connectivity index (χ3v) is 6.01. The van der Waals surface area contributed by atoms with Crippen LogP contribution in [0.5, 0.6) is 0 Å². The lowest BCUT2D eigenvalue weighted by molar-refractivity contribution is -0.138. The van der Waals surface area contributed by atoms with Gasteiger partial charge in [0.05, 0.1) is 6.10 Å². The van der Waals surface area contributed by atoms with Gasteiger partial charge >= 0.3 is 0 Å². The molecule has 3 fully saturated rings. The van der Waals surface area contributed by atoms with E-state index in [4.69, 9.17) is 4.74 Å². The summed E-state index contributed by atoms with van der Waals surface area (Å²) >= 11 is 0. The van der Waals surface area contributed by atoms with E-state index in [1.165, 1.54) is 0 Å². The van der Waals surface area contributed by atoms with Crippen molar-refractivity contribution in [3.05, 3.63) is 0 Å². The number of hydrogen-bond acceptors (Lipinski definition) is 5. The van der Waals surface area contributed by atoms with Crippen molar-refractivity contribution in [1.29, 1.82) is 0 Å². The molecular weight excluding hydrogens is 311 g/mol. The Balaban J connectivity index is 1.49. The van der Waals surface area contributed by atoms with Crippen molar-refractivity contribution in [2.45, 2.75) is 44.5 Å². The van der Waals surface area contributed by atoms with Gasteiger partial charge in [0.25, 0.3) is 5.91 Å². The number of ether oxygens (including phenoxy) is 1. The van der Waals surface area contributed by atoms with Crippen LogP contribution < -0.4 is 10.9 Å². The highest BCUT2D eigenvalue weighted by Gasteiger charge is 2.38. The van der Waals surface area contributed by atoms with Crippen molar-refractivity contribution < 1.29 is 13.9 Å². The minimum absolute atomic E-state index is 0.00330. The third-order valence-electron chi connectivity index (χ3n) is 6.01. The summed E-state index contributed by atoms with van der Waals surface area (Å²) in [5.74, 6) is 1.08. The van der Waals surface area contributed by atoms with Crippen LogP contribution in [0.3, 0.4) is 0 Å². The summed E-state index contributed by atoms with van der Waals surface area (Å²) in [6.07, 6.45) is 1.74. The number of nitrogens with zero attached hydrogens (tertiary/aromatic N) is 2. The van der Waals surface area contributed by atoms with Crippen molar-refractivity contribution in [2.75, 3.05) is 46.4 Å². The second-order valence-electron chi connectivity index (χ2n) is 7.57. The summed E-state index contributed by atoms with van der Waals surface area (Å²) in [5.41, 5.74) is 5.60. The number of carbonyl (C=O) groups excluding carboxylic acids is 1. The molecule has 24 heavy (non-hydrogen) atoms. The number of amides is 1. The Hall–Kier alpha value is -0.760. The van der Waals surface area contributed by atoms with Crippen LogP contribution in [0.2, 0.25) is 0 Å². The first-order chi connectivity index (χ1) is 11.6. The average molecular weight is 342 g/mol. The SMILES string of the molecule is COC1CNNC(=O)C1N1CCN(CC2CCC(F)CC2C)CC1. The molecule has 2 saturated heterocycles. The Morgan fingerprint density at radius 2 is 2.00 bits per heavy atom. The van der Waals surface area contributed by atoms with Crippen LogP contribution in [-0.4, -0.2) is 80.4 Å². The molecule has 0 aromatic rings. The Morgan fingerprint density at radius 1 is 1.25 bits per heavy atom. The average Bonchev–Trinajstić information content (AvgIpc) is 2.58. The second-order valence-corrected chi connectivity index (χ2v) is 7.57. The number of nitrogens with one attached hydrogen (secondary N) is 2. The number of rotatable bonds is 4. The molecule has 1 saturated carbocycles. The first kappa shape index (κ1) is 18.0. The van der Waals surface area contributed by atoms with Crippen LogP contribution in [0.25, 0.3) is 0 Å². The van der Waals surface area contributed by atoms with Crippen molar-refractivity contribution in [3.63, 3.8) is 0 Å². The number of hydrazine groups is 1. The highest BCUT2D eigenvalue weighted by atomic mass is 19.1. The Bertz CT molecular complexity index is 431. The number of alkyl halides is 1. The maximum absolute atomic E-state index is 13.5. The molecule has 2 heterocycles. The quantitative estimate of drug-likeness (QED) is 0.774. The van der Waals surface area contributed by atoms with Gasteiger partial charge in [0, 0.05) is 46.4 Å². The van der Waals surface area contributed by atoms with Gasteiger partial charge in [-0.05, 0) is 31.1 Å². The highest BCUT2D eigenvalue weighted by Crippen LogP contribution is 2.32. The molecule has 0 bridgehead atoms. The zero-order valence-electron chi connectivity index (χ0n) is 14.8. The number of methoxy groups -OCH3 is 1. The molecule has 5 atom stereocenters. The van der Waals surface area contributed by atoms with Crippen LogP contribution in [0, 0.1) is 11.8 Å². The molecule has 138 valence electrons. The monoisotopic (exact) mass is 342 g/mol. The molecule has 3 rings (SSSR count). The maximum Gasteiger partial charge on any atom is 0.254 e. The minimum atomic E-state index is -0.600. The van der Waals surface area contributed by atoms with Crippen LogP contribution in [0.1, 0.15) is 26.2 Å². The smallest absolute Gasteiger partial charge is 0.254 e. The zero-order valence-corrected chi connectivity index (χ0v) is 14.8. The Labute approximate surface area is 144 Å².